The lowest BCUT2D eigenvalue weighted by atomic mass is 10.1. The molecule has 0 amide bonds. The highest BCUT2D eigenvalue weighted by Crippen LogP contribution is 2.34. The Morgan fingerprint density at radius 1 is 1.47 bits per heavy atom. The zero-order valence-corrected chi connectivity index (χ0v) is 10.7. The number of carbonyl (C=O) groups excluding carboxylic acids is 1. The van der Waals surface area contributed by atoms with Gasteiger partial charge in [0.05, 0.1) is 24.8 Å². The van der Waals surface area contributed by atoms with Crippen LogP contribution in [0.2, 0.25) is 0 Å². The number of carbonyl (C=O) groups is 1. The van der Waals surface area contributed by atoms with E-state index in [9.17, 15) is 9.90 Å². The van der Waals surface area contributed by atoms with E-state index in [1.165, 1.54) is 13.2 Å². The molecule has 0 bridgehead atoms. The van der Waals surface area contributed by atoms with E-state index in [0.29, 0.717) is 23.2 Å². The van der Waals surface area contributed by atoms with Gasteiger partial charge in [-0.25, -0.2) is 4.79 Å². The maximum Gasteiger partial charge on any atom is 0.341 e. The lowest BCUT2D eigenvalue weighted by Gasteiger charge is -2.12. The van der Waals surface area contributed by atoms with E-state index in [1.807, 2.05) is 0 Å². The van der Waals surface area contributed by atoms with E-state index < -0.39 is 12.3 Å². The van der Waals surface area contributed by atoms with Gasteiger partial charge in [-0.3, -0.25) is 0 Å². The van der Waals surface area contributed by atoms with Gasteiger partial charge in [0.1, 0.15) is 11.3 Å². The van der Waals surface area contributed by atoms with E-state index in [2.05, 4.69) is 20.7 Å². The lowest BCUT2D eigenvalue weighted by Crippen LogP contribution is -2.05. The van der Waals surface area contributed by atoms with Crippen LogP contribution >= 0.6 is 15.9 Å². The lowest BCUT2D eigenvalue weighted by molar-refractivity contribution is -0.0442. The van der Waals surface area contributed by atoms with E-state index in [4.69, 9.17) is 9.47 Å². The van der Waals surface area contributed by atoms with Crippen molar-refractivity contribution in [1.29, 1.82) is 0 Å². The third-order valence-electron chi connectivity index (χ3n) is 2.38. The number of methoxy groups -OCH3 is 1. The molecule has 2 rings (SSSR count). The van der Waals surface area contributed by atoms with Gasteiger partial charge in [0.15, 0.2) is 6.29 Å². The number of phenols is 1. The smallest absolute Gasteiger partial charge is 0.341 e. The molecule has 0 atom stereocenters. The summed E-state index contributed by atoms with van der Waals surface area (Å²) >= 11 is 3.17. The van der Waals surface area contributed by atoms with E-state index >= 15 is 0 Å². The van der Waals surface area contributed by atoms with Crippen LogP contribution in [0.4, 0.5) is 0 Å². The summed E-state index contributed by atoms with van der Waals surface area (Å²) in [6, 6.07) is 3.15. The van der Waals surface area contributed by atoms with Crippen molar-refractivity contribution in [1.82, 2.24) is 0 Å². The Kier molecular flexibility index (Phi) is 3.66. The van der Waals surface area contributed by atoms with Gasteiger partial charge < -0.3 is 19.3 Å². The minimum absolute atomic E-state index is 0.0796. The first kappa shape index (κ1) is 12.3. The Balaban J connectivity index is 2.41. The first-order valence-electron chi connectivity index (χ1n) is 4.97. The molecule has 1 aliphatic rings. The van der Waals surface area contributed by atoms with Crippen LogP contribution in [0, 0.1) is 0 Å². The molecule has 1 heterocycles. The highest BCUT2D eigenvalue weighted by Gasteiger charge is 2.23. The zero-order valence-electron chi connectivity index (χ0n) is 9.10. The van der Waals surface area contributed by atoms with Gasteiger partial charge in [0, 0.05) is 5.56 Å². The van der Waals surface area contributed by atoms with Crippen LogP contribution in [0.25, 0.3) is 0 Å². The van der Waals surface area contributed by atoms with Crippen LogP contribution in [-0.2, 0) is 14.2 Å². The summed E-state index contributed by atoms with van der Waals surface area (Å²) < 4.78 is 15.6. The summed E-state index contributed by atoms with van der Waals surface area (Å²) in [5.41, 5.74) is 0.739. The number of esters is 1. The fraction of sp³-hybridized carbons (Fsp3) is 0.364. The molecular formula is C11H11BrO5. The molecule has 0 radical (unpaired) electrons. The normalized spacial score (nSPS) is 16.1. The quantitative estimate of drug-likeness (QED) is 0.846. The van der Waals surface area contributed by atoms with E-state index in [1.54, 1.807) is 6.07 Å². The molecular weight excluding hydrogens is 292 g/mol. The van der Waals surface area contributed by atoms with Crippen molar-refractivity contribution >= 4 is 21.9 Å². The van der Waals surface area contributed by atoms with Crippen molar-refractivity contribution in [2.24, 2.45) is 0 Å². The fourth-order valence-corrected chi connectivity index (χ4v) is 2.05. The monoisotopic (exact) mass is 302 g/mol. The number of halogens is 1. The van der Waals surface area contributed by atoms with Crippen LogP contribution in [-0.4, -0.2) is 31.4 Å². The van der Waals surface area contributed by atoms with Crippen LogP contribution in [0.5, 0.6) is 5.75 Å². The summed E-state index contributed by atoms with van der Waals surface area (Å²) in [7, 11) is 1.25. The highest BCUT2D eigenvalue weighted by molar-refractivity contribution is 9.10. The molecule has 17 heavy (non-hydrogen) atoms. The number of hydrogen-bond acceptors (Lipinski definition) is 5. The second kappa shape index (κ2) is 5.03. The Labute approximate surface area is 106 Å². The second-order valence-electron chi connectivity index (χ2n) is 3.46. The molecule has 1 N–H and O–H groups in total. The molecule has 0 unspecified atom stereocenters. The molecule has 0 aliphatic carbocycles. The number of hydrogen-bond donors (Lipinski definition) is 1. The largest absolute Gasteiger partial charge is 0.506 e. The summed E-state index contributed by atoms with van der Waals surface area (Å²) in [5, 5.41) is 9.74. The Morgan fingerprint density at radius 2 is 2.12 bits per heavy atom. The van der Waals surface area contributed by atoms with Crippen molar-refractivity contribution in [2.75, 3.05) is 20.3 Å². The molecule has 1 saturated heterocycles. The number of rotatable bonds is 2. The van der Waals surface area contributed by atoms with Crippen molar-refractivity contribution in [3.63, 3.8) is 0 Å². The van der Waals surface area contributed by atoms with Crippen molar-refractivity contribution in [3.05, 3.63) is 27.7 Å². The molecule has 92 valence electrons. The van der Waals surface area contributed by atoms with Crippen molar-refractivity contribution in [3.8, 4) is 5.75 Å². The summed E-state index contributed by atoms with van der Waals surface area (Å²) in [4.78, 5) is 11.5. The van der Waals surface area contributed by atoms with E-state index in [0.717, 1.165) is 0 Å². The van der Waals surface area contributed by atoms with Gasteiger partial charge in [0.2, 0.25) is 0 Å². The first-order valence-corrected chi connectivity index (χ1v) is 5.76. The van der Waals surface area contributed by atoms with Gasteiger partial charge in [-0.05, 0) is 28.1 Å². The molecule has 6 heteroatoms. The molecule has 0 spiro atoms. The maximum absolute atomic E-state index is 11.5. The van der Waals surface area contributed by atoms with Gasteiger partial charge in [-0.15, -0.1) is 0 Å². The third-order valence-corrected chi connectivity index (χ3v) is 2.99. The first-order chi connectivity index (χ1) is 8.13. The molecule has 1 fully saturated rings. The van der Waals surface area contributed by atoms with Crippen LogP contribution in [0.15, 0.2) is 16.6 Å². The van der Waals surface area contributed by atoms with Gasteiger partial charge in [0.25, 0.3) is 0 Å². The Bertz CT molecular complexity index is 440. The molecule has 0 aromatic heterocycles. The average Bonchev–Trinajstić information content (AvgIpc) is 2.85. The second-order valence-corrected chi connectivity index (χ2v) is 4.32. The summed E-state index contributed by atoms with van der Waals surface area (Å²) in [6.07, 6.45) is -0.504. The average molecular weight is 303 g/mol. The topological polar surface area (TPSA) is 65.0 Å². The number of benzene rings is 1. The molecule has 5 nitrogen and oxygen atoms in total. The minimum atomic E-state index is -0.608. The zero-order chi connectivity index (χ0) is 12.4. The molecule has 0 saturated carbocycles. The number of phenolic OH excluding ortho intramolecular Hbond substituents is 1. The van der Waals surface area contributed by atoms with Gasteiger partial charge >= 0.3 is 5.97 Å². The molecule has 1 aromatic carbocycles. The SMILES string of the molecule is COC(=O)c1cc(C2OCCO2)cc(Br)c1O. The highest BCUT2D eigenvalue weighted by atomic mass is 79.9. The van der Waals surface area contributed by atoms with Crippen LogP contribution < -0.4 is 0 Å². The summed E-state index contributed by atoms with van der Waals surface area (Å²) in [6.45, 7) is 1.02. The van der Waals surface area contributed by atoms with Crippen LogP contribution in [0.3, 0.4) is 0 Å². The number of aromatic hydroxyl groups is 1. The van der Waals surface area contributed by atoms with Crippen molar-refractivity contribution in [2.45, 2.75) is 6.29 Å². The maximum atomic E-state index is 11.5. The number of ether oxygens (including phenoxy) is 3. The predicted molar refractivity (Wildman–Crippen MR) is 61.8 cm³/mol. The van der Waals surface area contributed by atoms with Crippen LogP contribution in [0.1, 0.15) is 22.2 Å². The van der Waals surface area contributed by atoms with E-state index in [-0.39, 0.29) is 11.3 Å². The Morgan fingerprint density at radius 3 is 2.71 bits per heavy atom. The minimum Gasteiger partial charge on any atom is -0.506 e. The van der Waals surface area contributed by atoms with Crippen molar-refractivity contribution < 1.29 is 24.1 Å². The standard InChI is InChI=1S/C11H11BrO5/c1-15-10(14)7-4-6(5-8(12)9(7)13)11-16-2-3-17-11/h4-5,11,13H,2-3H2,1H3. The predicted octanol–water partition coefficient (Wildman–Crippen LogP) is 1.99. The molecule has 1 aliphatic heterocycles. The molecule has 1 aromatic rings. The third kappa shape index (κ3) is 2.43. The Hall–Kier alpha value is -1.11. The fourth-order valence-electron chi connectivity index (χ4n) is 1.57. The summed E-state index contributed by atoms with van der Waals surface area (Å²) in [5.74, 6) is -0.762. The van der Waals surface area contributed by atoms with Gasteiger partial charge in [-0.2, -0.15) is 0 Å². The van der Waals surface area contributed by atoms with Gasteiger partial charge in [-0.1, -0.05) is 0 Å².